The van der Waals surface area contributed by atoms with Crippen molar-refractivity contribution in [1.29, 1.82) is 0 Å². The predicted octanol–water partition coefficient (Wildman–Crippen LogP) is 2.30. The number of imidazole rings is 1. The number of carbonyl (C=O) groups excluding carboxylic acids is 1. The maximum Gasteiger partial charge on any atom is 0.292 e. The minimum absolute atomic E-state index is 0.00791. The smallest absolute Gasteiger partial charge is 0.292 e. The Morgan fingerprint density at radius 1 is 1.27 bits per heavy atom. The lowest BCUT2D eigenvalue weighted by molar-refractivity contribution is 0.0667. The highest BCUT2D eigenvalue weighted by Crippen LogP contribution is 2.29. The van der Waals surface area contributed by atoms with Crippen molar-refractivity contribution >= 4 is 5.91 Å². The molecule has 0 radical (unpaired) electrons. The second-order valence-corrected chi connectivity index (χ2v) is 6.18. The first-order valence-electron chi connectivity index (χ1n) is 8.09. The van der Waals surface area contributed by atoms with Crippen LogP contribution >= 0.6 is 0 Å². The van der Waals surface area contributed by atoms with E-state index in [0.29, 0.717) is 11.7 Å². The van der Waals surface area contributed by atoms with Gasteiger partial charge >= 0.3 is 0 Å². The summed E-state index contributed by atoms with van der Waals surface area (Å²) >= 11 is 0. The third-order valence-corrected chi connectivity index (χ3v) is 4.84. The second kappa shape index (κ2) is 5.59. The van der Waals surface area contributed by atoms with E-state index < -0.39 is 0 Å². The van der Waals surface area contributed by atoms with Crippen molar-refractivity contribution in [1.82, 2.24) is 20.0 Å². The van der Waals surface area contributed by atoms with Gasteiger partial charge in [-0.15, -0.1) is 0 Å². The number of H-pyrrole nitrogens is 1. The predicted molar refractivity (Wildman–Crippen MR) is 79.6 cm³/mol. The molecule has 0 atom stereocenters. The molecule has 1 aliphatic heterocycles. The van der Waals surface area contributed by atoms with Gasteiger partial charge in [-0.25, -0.2) is 4.98 Å². The maximum atomic E-state index is 12.7. The quantitative estimate of drug-likeness (QED) is 0.923. The zero-order valence-corrected chi connectivity index (χ0v) is 12.5. The first kappa shape index (κ1) is 13.5. The fraction of sp³-hybridized carbons (Fsp3) is 0.562. The summed E-state index contributed by atoms with van der Waals surface area (Å²) in [6, 6.07) is 0. The van der Waals surface area contributed by atoms with Crippen LogP contribution in [-0.2, 0) is 12.8 Å². The maximum absolute atomic E-state index is 12.7. The zero-order valence-electron chi connectivity index (χ0n) is 12.5. The molecule has 4 rings (SSSR count). The number of aryl methyl sites for hydroxylation is 1. The Labute approximate surface area is 128 Å². The number of likely N-dealkylation sites (tertiary alicyclic amines) is 1. The van der Waals surface area contributed by atoms with Crippen molar-refractivity contribution in [2.45, 2.75) is 44.4 Å². The van der Waals surface area contributed by atoms with Crippen LogP contribution in [0.1, 0.15) is 59.2 Å². The number of aromatic amines is 1. The first-order valence-corrected chi connectivity index (χ1v) is 8.09. The normalized spacial score (nSPS) is 19.2. The Hall–Kier alpha value is -2.11. The molecular weight excluding hydrogens is 280 g/mol. The largest absolute Gasteiger partial charge is 0.350 e. The molecule has 0 saturated carbocycles. The Bertz CT molecular complexity index is 654. The van der Waals surface area contributed by atoms with E-state index in [4.69, 9.17) is 4.52 Å². The molecule has 116 valence electrons. The van der Waals surface area contributed by atoms with E-state index >= 15 is 0 Å². The fourth-order valence-corrected chi connectivity index (χ4v) is 3.56. The van der Waals surface area contributed by atoms with Gasteiger partial charge < -0.3 is 14.4 Å². The van der Waals surface area contributed by atoms with Crippen LogP contribution in [0.2, 0.25) is 0 Å². The number of rotatable bonds is 2. The lowest BCUT2D eigenvalue weighted by atomic mass is 9.94. The number of hydrogen-bond acceptors (Lipinski definition) is 4. The zero-order chi connectivity index (χ0) is 14.9. The average molecular weight is 300 g/mol. The molecule has 1 fully saturated rings. The Kier molecular flexibility index (Phi) is 3.44. The number of amides is 1. The van der Waals surface area contributed by atoms with Gasteiger partial charge in [0, 0.05) is 37.0 Å². The van der Waals surface area contributed by atoms with Gasteiger partial charge in [0.05, 0.1) is 5.69 Å². The van der Waals surface area contributed by atoms with Crippen LogP contribution < -0.4 is 0 Å². The summed E-state index contributed by atoms with van der Waals surface area (Å²) in [5.74, 6) is 1.94. The van der Waals surface area contributed by atoms with E-state index in [1.54, 1.807) is 6.20 Å². The number of hydrogen-bond donors (Lipinski definition) is 1. The minimum atomic E-state index is 0.00791. The van der Waals surface area contributed by atoms with Crippen molar-refractivity contribution in [3.63, 3.8) is 0 Å². The number of nitrogens with zero attached hydrogens (tertiary/aromatic N) is 3. The van der Waals surface area contributed by atoms with Crippen LogP contribution in [0, 0.1) is 0 Å². The number of aromatic nitrogens is 3. The van der Waals surface area contributed by atoms with Crippen molar-refractivity contribution in [2.75, 3.05) is 13.1 Å². The van der Waals surface area contributed by atoms with E-state index in [1.807, 2.05) is 11.1 Å². The highest BCUT2D eigenvalue weighted by Gasteiger charge is 2.31. The van der Waals surface area contributed by atoms with Gasteiger partial charge in [-0.3, -0.25) is 4.79 Å². The highest BCUT2D eigenvalue weighted by atomic mass is 16.5. The van der Waals surface area contributed by atoms with Crippen LogP contribution in [0.15, 0.2) is 16.9 Å². The number of piperidine rings is 1. The van der Waals surface area contributed by atoms with Crippen molar-refractivity contribution in [3.05, 3.63) is 35.2 Å². The van der Waals surface area contributed by atoms with Gasteiger partial charge in [0.2, 0.25) is 5.76 Å². The summed E-state index contributed by atoms with van der Waals surface area (Å²) in [5, 5.41) is 4.09. The topological polar surface area (TPSA) is 75.0 Å². The SMILES string of the molecule is O=C(c1onc2c1CCCC2)N1CCC(c2ncc[nH]2)CC1. The Morgan fingerprint density at radius 2 is 2.09 bits per heavy atom. The van der Waals surface area contributed by atoms with Gasteiger partial charge in [-0.1, -0.05) is 5.16 Å². The molecule has 0 unspecified atom stereocenters. The summed E-state index contributed by atoms with van der Waals surface area (Å²) in [5.41, 5.74) is 2.03. The van der Waals surface area contributed by atoms with Crippen LogP contribution in [0.25, 0.3) is 0 Å². The van der Waals surface area contributed by atoms with Gasteiger partial charge in [-0.05, 0) is 38.5 Å². The minimum Gasteiger partial charge on any atom is -0.350 e. The Balaban J connectivity index is 1.45. The summed E-state index contributed by atoms with van der Waals surface area (Å²) in [7, 11) is 0. The van der Waals surface area contributed by atoms with E-state index in [1.165, 1.54) is 0 Å². The third kappa shape index (κ3) is 2.32. The van der Waals surface area contributed by atoms with Crippen LogP contribution in [0.3, 0.4) is 0 Å². The summed E-state index contributed by atoms with van der Waals surface area (Å²) < 4.78 is 5.37. The molecule has 6 nitrogen and oxygen atoms in total. The molecule has 3 heterocycles. The van der Waals surface area contributed by atoms with E-state index in [-0.39, 0.29) is 5.91 Å². The number of nitrogens with one attached hydrogen (secondary N) is 1. The molecule has 1 aliphatic carbocycles. The highest BCUT2D eigenvalue weighted by molar-refractivity contribution is 5.93. The molecule has 2 aromatic heterocycles. The summed E-state index contributed by atoms with van der Waals surface area (Å²) in [4.78, 5) is 22.1. The van der Waals surface area contributed by atoms with Gasteiger partial charge in [-0.2, -0.15) is 0 Å². The number of fused-ring (bicyclic) bond motifs is 1. The number of carbonyl (C=O) groups is 1. The first-order chi connectivity index (χ1) is 10.8. The molecule has 0 aromatic carbocycles. The van der Waals surface area contributed by atoms with Crippen molar-refractivity contribution < 1.29 is 9.32 Å². The molecule has 2 aromatic rings. The van der Waals surface area contributed by atoms with Gasteiger partial charge in [0.15, 0.2) is 0 Å². The molecule has 0 bridgehead atoms. The van der Waals surface area contributed by atoms with Crippen LogP contribution in [-0.4, -0.2) is 39.0 Å². The monoisotopic (exact) mass is 300 g/mol. The van der Waals surface area contributed by atoms with Gasteiger partial charge in [0.25, 0.3) is 5.91 Å². The lowest BCUT2D eigenvalue weighted by Crippen LogP contribution is -2.38. The van der Waals surface area contributed by atoms with Crippen molar-refractivity contribution in [3.8, 4) is 0 Å². The molecule has 22 heavy (non-hydrogen) atoms. The van der Waals surface area contributed by atoms with Crippen molar-refractivity contribution in [2.24, 2.45) is 0 Å². The fourth-order valence-electron chi connectivity index (χ4n) is 3.56. The average Bonchev–Trinajstić information content (AvgIpc) is 3.24. The summed E-state index contributed by atoms with van der Waals surface area (Å²) in [6.07, 6.45) is 9.64. The lowest BCUT2D eigenvalue weighted by Gasteiger charge is -2.30. The second-order valence-electron chi connectivity index (χ2n) is 6.18. The molecule has 0 spiro atoms. The molecule has 1 saturated heterocycles. The third-order valence-electron chi connectivity index (χ3n) is 4.84. The van der Waals surface area contributed by atoms with E-state index in [0.717, 1.165) is 68.7 Å². The molecular formula is C16H20N4O2. The van der Waals surface area contributed by atoms with E-state index in [2.05, 4.69) is 15.1 Å². The molecule has 1 amide bonds. The molecule has 2 aliphatic rings. The molecule has 1 N–H and O–H groups in total. The molecule has 6 heteroatoms. The van der Waals surface area contributed by atoms with E-state index in [9.17, 15) is 4.79 Å². The Morgan fingerprint density at radius 3 is 2.86 bits per heavy atom. The van der Waals surface area contributed by atoms with Gasteiger partial charge in [0.1, 0.15) is 5.82 Å². The van der Waals surface area contributed by atoms with Crippen LogP contribution in [0.5, 0.6) is 0 Å². The van der Waals surface area contributed by atoms with Crippen LogP contribution in [0.4, 0.5) is 0 Å². The summed E-state index contributed by atoms with van der Waals surface area (Å²) in [6.45, 7) is 1.50. The standard InChI is InChI=1S/C16H20N4O2/c21-16(14-12-3-1-2-4-13(12)19-22-14)20-9-5-11(6-10-20)15-17-7-8-18-15/h7-8,11H,1-6,9-10H2,(H,17,18).